The zero-order valence-electron chi connectivity index (χ0n) is 13.8. The van der Waals surface area contributed by atoms with Crippen LogP contribution in [-0.2, 0) is 6.54 Å². The first kappa shape index (κ1) is 15.4. The van der Waals surface area contributed by atoms with Crippen LogP contribution in [0.2, 0.25) is 0 Å². The Bertz CT molecular complexity index is 439. The van der Waals surface area contributed by atoms with Crippen molar-refractivity contribution in [2.24, 2.45) is 0 Å². The van der Waals surface area contributed by atoms with Gasteiger partial charge in [0.1, 0.15) is 0 Å². The fourth-order valence-electron chi connectivity index (χ4n) is 2.96. The fourth-order valence-corrected chi connectivity index (χ4v) is 2.96. The molecule has 2 rings (SSSR count). The highest BCUT2D eigenvalue weighted by Gasteiger charge is 2.20. The van der Waals surface area contributed by atoms with Gasteiger partial charge in [-0.3, -0.25) is 0 Å². The van der Waals surface area contributed by atoms with Crippen molar-refractivity contribution < 1.29 is 0 Å². The average molecular weight is 274 g/mol. The Kier molecular flexibility index (Phi) is 4.74. The molecule has 1 aliphatic carbocycles. The number of benzene rings is 1. The van der Waals surface area contributed by atoms with E-state index in [1.165, 1.54) is 42.5 Å². The van der Waals surface area contributed by atoms with Crippen molar-refractivity contribution in [3.05, 3.63) is 29.3 Å². The molecule has 0 amide bonds. The standard InChI is InChI=1S/C18H30N2/c1-14-12-17(20(5)16-8-6-7-9-16)11-10-15(14)13-19-18(2,3)4/h10-12,16,19H,6-9,13H2,1-5H3. The van der Waals surface area contributed by atoms with Gasteiger partial charge in [0, 0.05) is 30.9 Å². The van der Waals surface area contributed by atoms with Crippen molar-refractivity contribution in [3.8, 4) is 0 Å². The molecule has 0 bridgehead atoms. The zero-order chi connectivity index (χ0) is 14.8. The van der Waals surface area contributed by atoms with Crippen molar-refractivity contribution in [2.45, 2.75) is 71.5 Å². The molecule has 112 valence electrons. The van der Waals surface area contributed by atoms with Gasteiger partial charge >= 0.3 is 0 Å². The molecule has 0 radical (unpaired) electrons. The van der Waals surface area contributed by atoms with E-state index in [1.54, 1.807) is 0 Å². The van der Waals surface area contributed by atoms with Crippen LogP contribution in [-0.4, -0.2) is 18.6 Å². The second-order valence-corrected chi connectivity index (χ2v) is 7.26. The molecule has 1 saturated carbocycles. The minimum absolute atomic E-state index is 0.172. The summed E-state index contributed by atoms with van der Waals surface area (Å²) in [5.74, 6) is 0. The first-order valence-electron chi connectivity index (χ1n) is 7.94. The monoisotopic (exact) mass is 274 g/mol. The van der Waals surface area contributed by atoms with E-state index in [9.17, 15) is 0 Å². The highest BCUT2D eigenvalue weighted by Crippen LogP contribution is 2.28. The van der Waals surface area contributed by atoms with E-state index in [0.717, 1.165) is 12.6 Å². The molecule has 0 heterocycles. The van der Waals surface area contributed by atoms with E-state index in [0.29, 0.717) is 0 Å². The van der Waals surface area contributed by atoms with Gasteiger partial charge in [-0.2, -0.15) is 0 Å². The highest BCUT2D eigenvalue weighted by atomic mass is 15.1. The number of nitrogens with zero attached hydrogens (tertiary/aromatic N) is 1. The molecule has 1 aromatic rings. The van der Waals surface area contributed by atoms with Gasteiger partial charge in [0.2, 0.25) is 0 Å². The van der Waals surface area contributed by atoms with E-state index in [2.05, 4.69) is 63.2 Å². The normalized spacial score (nSPS) is 16.6. The van der Waals surface area contributed by atoms with Gasteiger partial charge in [-0.25, -0.2) is 0 Å². The van der Waals surface area contributed by atoms with Gasteiger partial charge in [-0.05, 0) is 63.8 Å². The maximum absolute atomic E-state index is 3.57. The lowest BCUT2D eigenvalue weighted by Crippen LogP contribution is -2.35. The van der Waals surface area contributed by atoms with Crippen molar-refractivity contribution in [1.29, 1.82) is 0 Å². The Morgan fingerprint density at radius 2 is 1.85 bits per heavy atom. The molecule has 0 saturated heterocycles. The van der Waals surface area contributed by atoms with E-state index in [4.69, 9.17) is 0 Å². The molecular formula is C18H30N2. The molecule has 2 heteroatoms. The van der Waals surface area contributed by atoms with Crippen LogP contribution in [0, 0.1) is 6.92 Å². The Hall–Kier alpha value is -1.02. The predicted octanol–water partition coefficient (Wildman–Crippen LogP) is 4.26. The maximum atomic E-state index is 3.57. The minimum atomic E-state index is 0.172. The first-order valence-corrected chi connectivity index (χ1v) is 7.94. The Labute approximate surface area is 124 Å². The van der Waals surface area contributed by atoms with E-state index >= 15 is 0 Å². The third-order valence-corrected chi connectivity index (χ3v) is 4.42. The van der Waals surface area contributed by atoms with Crippen LogP contribution in [0.4, 0.5) is 5.69 Å². The SMILES string of the molecule is Cc1cc(N(C)C2CCCC2)ccc1CNC(C)(C)C. The van der Waals surface area contributed by atoms with Crippen molar-refractivity contribution in [3.63, 3.8) is 0 Å². The third kappa shape index (κ3) is 3.99. The van der Waals surface area contributed by atoms with Crippen molar-refractivity contribution in [2.75, 3.05) is 11.9 Å². The number of aryl methyl sites for hydroxylation is 1. The average Bonchev–Trinajstić information content (AvgIpc) is 2.89. The predicted molar refractivity (Wildman–Crippen MR) is 88.4 cm³/mol. The molecule has 2 nitrogen and oxygen atoms in total. The molecule has 20 heavy (non-hydrogen) atoms. The van der Waals surface area contributed by atoms with Crippen molar-refractivity contribution >= 4 is 5.69 Å². The number of hydrogen-bond donors (Lipinski definition) is 1. The zero-order valence-corrected chi connectivity index (χ0v) is 13.8. The third-order valence-electron chi connectivity index (χ3n) is 4.42. The van der Waals surface area contributed by atoms with Crippen LogP contribution in [0.1, 0.15) is 57.6 Å². The molecule has 1 aromatic carbocycles. The van der Waals surface area contributed by atoms with Gasteiger partial charge in [0.15, 0.2) is 0 Å². The van der Waals surface area contributed by atoms with Crippen LogP contribution in [0.3, 0.4) is 0 Å². The van der Waals surface area contributed by atoms with Crippen LogP contribution in [0.15, 0.2) is 18.2 Å². The van der Waals surface area contributed by atoms with Crippen LogP contribution >= 0.6 is 0 Å². The highest BCUT2D eigenvalue weighted by molar-refractivity contribution is 5.51. The summed E-state index contributed by atoms with van der Waals surface area (Å²) in [5, 5.41) is 3.57. The van der Waals surface area contributed by atoms with E-state index < -0.39 is 0 Å². The summed E-state index contributed by atoms with van der Waals surface area (Å²) in [6.45, 7) is 9.81. The molecular weight excluding hydrogens is 244 g/mol. The lowest BCUT2D eigenvalue weighted by atomic mass is 10.0. The largest absolute Gasteiger partial charge is 0.372 e. The molecule has 1 aliphatic rings. The molecule has 0 spiro atoms. The summed E-state index contributed by atoms with van der Waals surface area (Å²) in [7, 11) is 2.25. The minimum Gasteiger partial charge on any atom is -0.372 e. The quantitative estimate of drug-likeness (QED) is 0.882. The van der Waals surface area contributed by atoms with E-state index in [-0.39, 0.29) is 5.54 Å². The lowest BCUT2D eigenvalue weighted by Gasteiger charge is -2.27. The van der Waals surface area contributed by atoms with Crippen LogP contribution in [0.25, 0.3) is 0 Å². The van der Waals surface area contributed by atoms with E-state index in [1.807, 2.05) is 0 Å². The number of hydrogen-bond acceptors (Lipinski definition) is 2. The maximum Gasteiger partial charge on any atom is 0.0368 e. The van der Waals surface area contributed by atoms with Crippen LogP contribution in [0.5, 0.6) is 0 Å². The fraction of sp³-hybridized carbons (Fsp3) is 0.667. The molecule has 1 N–H and O–H groups in total. The van der Waals surface area contributed by atoms with Gasteiger partial charge in [-0.1, -0.05) is 18.9 Å². The Balaban J connectivity index is 2.05. The number of anilines is 1. The summed E-state index contributed by atoms with van der Waals surface area (Å²) in [4.78, 5) is 2.47. The second-order valence-electron chi connectivity index (χ2n) is 7.26. The first-order chi connectivity index (χ1) is 9.37. The Morgan fingerprint density at radius 3 is 2.40 bits per heavy atom. The summed E-state index contributed by atoms with van der Waals surface area (Å²) >= 11 is 0. The topological polar surface area (TPSA) is 15.3 Å². The van der Waals surface area contributed by atoms with Gasteiger partial charge in [0.05, 0.1) is 0 Å². The summed E-state index contributed by atoms with van der Waals surface area (Å²) in [6.07, 6.45) is 5.48. The molecule has 0 aromatic heterocycles. The number of nitrogens with one attached hydrogen (secondary N) is 1. The molecule has 1 fully saturated rings. The van der Waals surface area contributed by atoms with Gasteiger partial charge in [0.25, 0.3) is 0 Å². The summed E-state index contributed by atoms with van der Waals surface area (Å²) in [6, 6.07) is 7.66. The number of rotatable bonds is 4. The Morgan fingerprint density at radius 1 is 1.20 bits per heavy atom. The van der Waals surface area contributed by atoms with Gasteiger partial charge in [-0.15, -0.1) is 0 Å². The van der Waals surface area contributed by atoms with Crippen LogP contribution < -0.4 is 10.2 Å². The van der Waals surface area contributed by atoms with Crippen molar-refractivity contribution in [1.82, 2.24) is 5.32 Å². The molecule has 0 aliphatic heterocycles. The summed E-state index contributed by atoms with van der Waals surface area (Å²) in [5.41, 5.74) is 4.34. The summed E-state index contributed by atoms with van der Waals surface area (Å²) < 4.78 is 0. The lowest BCUT2D eigenvalue weighted by molar-refractivity contribution is 0.424. The second kappa shape index (κ2) is 6.17. The van der Waals surface area contributed by atoms with Gasteiger partial charge < -0.3 is 10.2 Å². The smallest absolute Gasteiger partial charge is 0.0368 e. The molecule has 0 atom stereocenters. The molecule has 0 unspecified atom stereocenters.